The van der Waals surface area contributed by atoms with Crippen molar-refractivity contribution in [1.82, 2.24) is 0 Å². The molecule has 0 saturated carbocycles. The highest BCUT2D eigenvalue weighted by Gasteiger charge is 2.44. The van der Waals surface area contributed by atoms with Crippen molar-refractivity contribution >= 4 is 49.8 Å². The molecule has 2 nitrogen and oxygen atoms in total. The predicted molar refractivity (Wildman–Crippen MR) is 220 cm³/mol. The van der Waals surface area contributed by atoms with Crippen LogP contribution in [0, 0.1) is 0 Å². The van der Waals surface area contributed by atoms with Crippen molar-refractivity contribution in [3.8, 4) is 22.3 Å². The van der Waals surface area contributed by atoms with Gasteiger partial charge in [0.2, 0.25) is 0 Å². The topological polar surface area (TPSA) is 16.4 Å². The molecule has 1 aromatic heterocycles. The van der Waals surface area contributed by atoms with Crippen molar-refractivity contribution in [3.05, 3.63) is 161 Å². The molecule has 0 radical (unpaired) electrons. The minimum Gasteiger partial charge on any atom is -0.454 e. The molecule has 0 bridgehead atoms. The average Bonchev–Trinajstić information content (AvgIpc) is 3.64. The van der Waals surface area contributed by atoms with Gasteiger partial charge < -0.3 is 9.32 Å². The third-order valence-corrected chi connectivity index (χ3v) is 12.1. The van der Waals surface area contributed by atoms with E-state index >= 15 is 0 Å². The van der Waals surface area contributed by atoms with Crippen LogP contribution in [0.3, 0.4) is 0 Å². The number of para-hydroxylation sites is 3. The zero-order chi connectivity index (χ0) is 35.7. The minimum atomic E-state index is -0.217. The Morgan fingerprint density at radius 3 is 1.79 bits per heavy atom. The van der Waals surface area contributed by atoms with Crippen LogP contribution in [0.5, 0.6) is 0 Å². The number of nitrogens with zero attached hydrogens (tertiary/aromatic N) is 1. The van der Waals surface area contributed by atoms with Crippen LogP contribution in [-0.4, -0.2) is 0 Å². The summed E-state index contributed by atoms with van der Waals surface area (Å²) in [5, 5.41) is 4.86. The van der Waals surface area contributed by atoms with E-state index in [9.17, 15) is 0 Å². The first kappa shape index (κ1) is 31.2. The first-order valence-corrected chi connectivity index (χ1v) is 18.6. The van der Waals surface area contributed by atoms with Gasteiger partial charge in [-0.25, -0.2) is 0 Å². The Morgan fingerprint density at radius 2 is 1.04 bits per heavy atom. The lowest BCUT2D eigenvalue weighted by atomic mass is 9.63. The normalized spacial score (nSPS) is 15.1. The fourth-order valence-electron chi connectivity index (χ4n) is 9.77. The van der Waals surface area contributed by atoms with Crippen LogP contribution in [0.4, 0.5) is 17.1 Å². The van der Waals surface area contributed by atoms with Gasteiger partial charge >= 0.3 is 0 Å². The van der Waals surface area contributed by atoms with Gasteiger partial charge in [0.25, 0.3) is 0 Å². The molecule has 0 amide bonds. The Kier molecular flexibility index (Phi) is 6.28. The van der Waals surface area contributed by atoms with Crippen molar-refractivity contribution in [2.75, 3.05) is 4.90 Å². The summed E-state index contributed by atoms with van der Waals surface area (Å²) in [6.45, 7) is 16.5. The number of hydrogen-bond acceptors (Lipinski definition) is 2. The molecule has 0 N–H and O–H groups in total. The van der Waals surface area contributed by atoms with Gasteiger partial charge in [0, 0.05) is 38.2 Å². The molecule has 52 heavy (non-hydrogen) atoms. The molecule has 2 aliphatic carbocycles. The van der Waals surface area contributed by atoms with Crippen LogP contribution in [0.15, 0.2) is 138 Å². The highest BCUT2D eigenvalue weighted by Crippen LogP contribution is 2.59. The predicted octanol–water partition coefficient (Wildman–Crippen LogP) is 14.1. The minimum absolute atomic E-state index is 0.0515. The highest BCUT2D eigenvalue weighted by molar-refractivity contribution is 6.15. The van der Waals surface area contributed by atoms with Crippen LogP contribution < -0.4 is 4.90 Å². The second-order valence-corrected chi connectivity index (χ2v) is 16.9. The largest absolute Gasteiger partial charge is 0.454 e. The zero-order valence-electron chi connectivity index (χ0n) is 31.1. The Bertz CT molecular complexity index is 2770. The van der Waals surface area contributed by atoms with Crippen LogP contribution in [0.2, 0.25) is 0 Å². The summed E-state index contributed by atoms with van der Waals surface area (Å²) in [4.78, 5) is 2.41. The van der Waals surface area contributed by atoms with Crippen LogP contribution in [0.1, 0.15) is 76.3 Å². The summed E-state index contributed by atoms with van der Waals surface area (Å²) < 4.78 is 6.98. The summed E-state index contributed by atoms with van der Waals surface area (Å²) in [5.41, 5.74) is 17.1. The third-order valence-electron chi connectivity index (χ3n) is 12.1. The van der Waals surface area contributed by atoms with E-state index in [1.807, 2.05) is 0 Å². The summed E-state index contributed by atoms with van der Waals surface area (Å²) in [5.74, 6) is 0. The monoisotopic (exact) mass is 673 g/mol. The van der Waals surface area contributed by atoms with Gasteiger partial charge in [-0.1, -0.05) is 158 Å². The standard InChI is InChI=1S/C50H43NO/c1-48(2,3)40-24-13-19-35-36-20-15-25-42(47(36)52-46(35)40)51(30-16-9-8-10-17-30)41-29-28-32-34-27-26-33-31-18-11-12-22-38(31)49(4,5)44(33)45(34)50(6,7)39-23-14-21-37(41)43(32)39/h8-29H,1-7H3. The van der Waals surface area contributed by atoms with Gasteiger partial charge in [-0.15, -0.1) is 0 Å². The van der Waals surface area contributed by atoms with Crippen LogP contribution in [-0.2, 0) is 16.2 Å². The van der Waals surface area contributed by atoms with E-state index < -0.39 is 0 Å². The highest BCUT2D eigenvalue weighted by atomic mass is 16.3. The Morgan fingerprint density at radius 1 is 0.462 bits per heavy atom. The molecule has 8 aromatic rings. The summed E-state index contributed by atoms with van der Waals surface area (Å²) in [7, 11) is 0. The fourth-order valence-corrected chi connectivity index (χ4v) is 9.77. The van der Waals surface area contributed by atoms with Gasteiger partial charge in [0.05, 0.1) is 11.4 Å². The molecule has 254 valence electrons. The molecule has 0 saturated heterocycles. The molecule has 7 aromatic carbocycles. The van der Waals surface area contributed by atoms with Crippen LogP contribution in [0.25, 0.3) is 55.0 Å². The number of rotatable bonds is 3. The third kappa shape index (κ3) is 4.07. The average molecular weight is 674 g/mol. The first-order chi connectivity index (χ1) is 25.0. The van der Waals surface area contributed by atoms with Gasteiger partial charge in [-0.2, -0.15) is 0 Å². The van der Waals surface area contributed by atoms with Crippen molar-refractivity contribution in [3.63, 3.8) is 0 Å². The van der Waals surface area contributed by atoms with E-state index in [-0.39, 0.29) is 16.2 Å². The van der Waals surface area contributed by atoms with E-state index in [0.29, 0.717) is 0 Å². The molecule has 2 heteroatoms. The SMILES string of the molecule is CC(C)(C)c1cccc2c1oc1c(N(c3ccccc3)c3ccc4c5c(cccc35)C(C)(C)c3c-4ccc4c3C(C)(C)c3ccccc3-4)cccc12. The second kappa shape index (κ2) is 10.5. The van der Waals surface area contributed by atoms with Crippen LogP contribution >= 0.6 is 0 Å². The van der Waals surface area contributed by atoms with Gasteiger partial charge in [-0.05, 0) is 79.6 Å². The maximum Gasteiger partial charge on any atom is 0.159 e. The summed E-state index contributed by atoms with van der Waals surface area (Å²) in [6.07, 6.45) is 0. The van der Waals surface area contributed by atoms with E-state index in [0.717, 1.165) is 39.0 Å². The lowest BCUT2D eigenvalue weighted by Gasteiger charge is -2.40. The molecular weight excluding hydrogens is 631 g/mol. The molecule has 0 fully saturated rings. The quantitative estimate of drug-likeness (QED) is 0.186. The molecule has 2 aliphatic rings. The maximum absolute atomic E-state index is 6.98. The van der Waals surface area contributed by atoms with Gasteiger partial charge in [0.15, 0.2) is 5.58 Å². The lowest BCUT2D eigenvalue weighted by Crippen LogP contribution is -2.29. The maximum atomic E-state index is 6.98. The second-order valence-electron chi connectivity index (χ2n) is 16.9. The van der Waals surface area contributed by atoms with E-state index in [1.165, 1.54) is 60.8 Å². The molecule has 0 unspecified atom stereocenters. The smallest absolute Gasteiger partial charge is 0.159 e. The Hall–Kier alpha value is -5.60. The molecular formula is C50H43NO. The number of anilines is 3. The fraction of sp³-hybridized carbons (Fsp3) is 0.200. The molecule has 1 heterocycles. The van der Waals surface area contributed by atoms with Gasteiger partial charge in [0.1, 0.15) is 5.58 Å². The van der Waals surface area contributed by atoms with Crippen molar-refractivity contribution < 1.29 is 4.42 Å². The summed E-state index contributed by atoms with van der Waals surface area (Å²) in [6, 6.07) is 49.4. The summed E-state index contributed by atoms with van der Waals surface area (Å²) >= 11 is 0. The molecule has 0 spiro atoms. The van der Waals surface area contributed by atoms with Crippen molar-refractivity contribution in [1.29, 1.82) is 0 Å². The van der Waals surface area contributed by atoms with Crippen molar-refractivity contribution in [2.24, 2.45) is 0 Å². The lowest BCUT2D eigenvalue weighted by molar-refractivity contribution is 0.573. The Balaban J connectivity index is 1.25. The van der Waals surface area contributed by atoms with Gasteiger partial charge in [-0.3, -0.25) is 0 Å². The first-order valence-electron chi connectivity index (χ1n) is 18.6. The zero-order valence-corrected chi connectivity index (χ0v) is 31.1. The van der Waals surface area contributed by atoms with E-state index in [4.69, 9.17) is 4.42 Å². The number of fused-ring (bicyclic) bond motifs is 9. The number of furan rings is 1. The van der Waals surface area contributed by atoms with E-state index in [1.54, 1.807) is 0 Å². The van der Waals surface area contributed by atoms with Crippen molar-refractivity contribution in [2.45, 2.75) is 64.7 Å². The number of benzene rings is 7. The molecule has 0 aliphatic heterocycles. The molecule has 10 rings (SSSR count). The van der Waals surface area contributed by atoms with E-state index in [2.05, 4.69) is 187 Å². The number of hydrogen-bond donors (Lipinski definition) is 0. The Labute approximate surface area is 306 Å². The molecule has 0 atom stereocenters.